The largest absolute Gasteiger partial charge is 0.504 e. The molecule has 0 aromatic heterocycles. The van der Waals surface area contributed by atoms with Crippen LogP contribution in [0.15, 0.2) is 54.6 Å². The van der Waals surface area contributed by atoms with Gasteiger partial charge >= 0.3 is 0 Å². The summed E-state index contributed by atoms with van der Waals surface area (Å²) in [7, 11) is 10.7. The van der Waals surface area contributed by atoms with Crippen LogP contribution in [0.3, 0.4) is 0 Å². The van der Waals surface area contributed by atoms with Crippen LogP contribution in [0.2, 0.25) is 0 Å². The molecule has 246 valence electrons. The number of ether oxygens (including phenoxy) is 6. The summed E-state index contributed by atoms with van der Waals surface area (Å²) >= 11 is 0. The zero-order chi connectivity index (χ0) is 32.8. The van der Waals surface area contributed by atoms with Gasteiger partial charge in [-0.1, -0.05) is 18.2 Å². The van der Waals surface area contributed by atoms with Gasteiger partial charge in [0.2, 0.25) is 11.5 Å². The van der Waals surface area contributed by atoms with Crippen molar-refractivity contribution in [3.8, 4) is 51.7 Å². The maximum atomic E-state index is 11.5. The molecule has 4 aromatic rings. The highest BCUT2D eigenvalue weighted by Gasteiger charge is 2.37. The zero-order valence-corrected chi connectivity index (χ0v) is 27.9. The number of aromatic hydroxyl groups is 1. The van der Waals surface area contributed by atoms with Gasteiger partial charge in [-0.15, -0.1) is 0 Å². The Hall–Kier alpha value is -4.60. The molecule has 47 heavy (non-hydrogen) atoms. The van der Waals surface area contributed by atoms with E-state index in [2.05, 4.69) is 60.3 Å². The number of phenolic OH excluding ortho intramolecular Hbond substituents is 1. The third-order valence-corrected chi connectivity index (χ3v) is 9.97. The first-order valence-corrected chi connectivity index (χ1v) is 16.1. The van der Waals surface area contributed by atoms with Crippen molar-refractivity contribution in [1.82, 2.24) is 9.80 Å². The monoisotopic (exact) mass is 638 g/mol. The van der Waals surface area contributed by atoms with Crippen molar-refractivity contribution in [3.63, 3.8) is 0 Å². The van der Waals surface area contributed by atoms with Crippen LogP contribution in [0.4, 0.5) is 0 Å². The van der Waals surface area contributed by atoms with E-state index in [1.54, 1.807) is 28.4 Å². The lowest BCUT2D eigenvalue weighted by atomic mass is 9.86. The van der Waals surface area contributed by atoms with E-state index in [9.17, 15) is 5.11 Å². The Bertz CT molecular complexity index is 1810. The molecule has 0 saturated heterocycles. The Labute approximate surface area is 276 Å². The Morgan fingerprint density at radius 3 is 2.06 bits per heavy atom. The van der Waals surface area contributed by atoms with E-state index in [4.69, 9.17) is 28.4 Å². The summed E-state index contributed by atoms with van der Waals surface area (Å²) in [6.07, 6.45) is 2.95. The second-order valence-corrected chi connectivity index (χ2v) is 12.6. The molecule has 4 aliphatic rings. The molecular formula is C38H42N2O7. The molecule has 0 spiro atoms. The summed E-state index contributed by atoms with van der Waals surface area (Å²) < 4.78 is 36.7. The number of methoxy groups -OCH3 is 4. The fraction of sp³-hybridized carbons (Fsp3) is 0.368. The van der Waals surface area contributed by atoms with Crippen molar-refractivity contribution in [2.45, 2.75) is 37.8 Å². The molecule has 4 aliphatic heterocycles. The summed E-state index contributed by atoms with van der Waals surface area (Å²) in [4.78, 5) is 4.69. The van der Waals surface area contributed by atoms with Crippen LogP contribution in [0.5, 0.6) is 51.7 Å². The van der Waals surface area contributed by atoms with Crippen LogP contribution in [0, 0.1) is 0 Å². The van der Waals surface area contributed by atoms with Crippen LogP contribution < -0.4 is 28.4 Å². The summed E-state index contributed by atoms with van der Waals surface area (Å²) in [5.74, 6) is 4.53. The lowest BCUT2D eigenvalue weighted by molar-refractivity contribution is 0.216. The molecule has 0 aliphatic carbocycles. The molecule has 0 unspecified atom stereocenters. The van der Waals surface area contributed by atoms with E-state index < -0.39 is 0 Å². The van der Waals surface area contributed by atoms with Crippen LogP contribution >= 0.6 is 0 Å². The van der Waals surface area contributed by atoms with E-state index in [0.29, 0.717) is 47.3 Å². The average Bonchev–Trinajstić information content (AvgIpc) is 3.08. The number of benzene rings is 4. The quantitative estimate of drug-likeness (QED) is 0.258. The maximum absolute atomic E-state index is 11.5. The SMILES string of the molecule is COc1ccc2cc1Oc1ccc(cc1)C[C@@H]1c3c(c(O)c(OC)c(OC)c3Oc3cc4c(cc3OC)CCN(C)[C@H]4C2)CCN1C. The van der Waals surface area contributed by atoms with E-state index in [-0.39, 0.29) is 23.6 Å². The summed E-state index contributed by atoms with van der Waals surface area (Å²) in [6, 6.07) is 18.5. The Kier molecular flexibility index (Phi) is 8.28. The number of phenols is 1. The van der Waals surface area contributed by atoms with Gasteiger partial charge in [-0.25, -0.2) is 0 Å². The number of likely N-dealkylation sites (N-methyl/N-ethyl adjacent to an activating group) is 2. The number of hydrogen-bond acceptors (Lipinski definition) is 9. The first kappa shape index (κ1) is 31.0. The number of hydrogen-bond donors (Lipinski definition) is 1. The van der Waals surface area contributed by atoms with Gasteiger partial charge in [0.15, 0.2) is 34.5 Å². The zero-order valence-electron chi connectivity index (χ0n) is 27.9. The van der Waals surface area contributed by atoms with E-state index in [1.165, 1.54) is 11.1 Å². The predicted molar refractivity (Wildman–Crippen MR) is 179 cm³/mol. The van der Waals surface area contributed by atoms with Gasteiger partial charge in [-0.05, 0) is 98.4 Å². The molecule has 1 N–H and O–H groups in total. The van der Waals surface area contributed by atoms with E-state index in [1.807, 2.05) is 18.2 Å². The molecular weight excluding hydrogens is 596 g/mol. The van der Waals surface area contributed by atoms with Crippen LogP contribution in [0.25, 0.3) is 0 Å². The Morgan fingerprint density at radius 2 is 1.34 bits per heavy atom. The average molecular weight is 639 g/mol. The van der Waals surface area contributed by atoms with Crippen molar-refractivity contribution in [3.05, 3.63) is 88.0 Å². The maximum Gasteiger partial charge on any atom is 0.208 e. The first-order valence-electron chi connectivity index (χ1n) is 16.1. The highest BCUT2D eigenvalue weighted by molar-refractivity contribution is 5.69. The van der Waals surface area contributed by atoms with E-state index >= 15 is 0 Å². The van der Waals surface area contributed by atoms with Gasteiger partial charge in [0, 0.05) is 36.3 Å². The van der Waals surface area contributed by atoms with Crippen molar-refractivity contribution in [2.24, 2.45) is 0 Å². The summed E-state index contributed by atoms with van der Waals surface area (Å²) in [6.45, 7) is 1.67. The fourth-order valence-corrected chi connectivity index (χ4v) is 7.38. The molecule has 0 saturated carbocycles. The van der Waals surface area contributed by atoms with Crippen LogP contribution in [-0.2, 0) is 25.7 Å². The van der Waals surface area contributed by atoms with Gasteiger partial charge in [-0.2, -0.15) is 0 Å². The minimum absolute atomic E-state index is 0.0791. The van der Waals surface area contributed by atoms with Gasteiger partial charge in [0.25, 0.3) is 0 Å². The third kappa shape index (κ3) is 5.47. The molecule has 8 rings (SSSR count). The minimum atomic E-state index is -0.121. The summed E-state index contributed by atoms with van der Waals surface area (Å²) in [5, 5.41) is 11.5. The standard InChI is InChI=1S/C38H42N2O7/c1-39-15-13-24-20-31(43-4)33-21-27(24)28(39)18-23-9-12-30(42-3)32(19-23)46-25-10-7-22(8-11-25)17-29-34-26(14-16-40(29)2)35(41)37(44-5)38(45-6)36(34)47-33/h7-12,19-21,28-29,41H,13-18H2,1-6H3/t28-,29+/m0/s1. The van der Waals surface area contributed by atoms with Crippen LogP contribution in [0.1, 0.15) is 45.5 Å². The summed E-state index contributed by atoms with van der Waals surface area (Å²) in [5.41, 5.74) is 6.33. The first-order chi connectivity index (χ1) is 22.8. The van der Waals surface area contributed by atoms with Crippen molar-refractivity contribution < 1.29 is 33.5 Å². The molecule has 4 aromatic carbocycles. The van der Waals surface area contributed by atoms with Gasteiger partial charge < -0.3 is 33.5 Å². The van der Waals surface area contributed by atoms with Crippen molar-refractivity contribution in [1.29, 1.82) is 0 Å². The second kappa shape index (κ2) is 12.5. The Balaban J connectivity index is 1.48. The Morgan fingerprint density at radius 1 is 0.681 bits per heavy atom. The molecule has 0 radical (unpaired) electrons. The van der Waals surface area contributed by atoms with Crippen molar-refractivity contribution in [2.75, 3.05) is 55.6 Å². The molecule has 6 bridgehead atoms. The molecule has 0 fully saturated rings. The third-order valence-electron chi connectivity index (χ3n) is 9.97. The lowest BCUT2D eigenvalue weighted by Crippen LogP contribution is -2.34. The molecule has 9 heteroatoms. The molecule has 4 heterocycles. The minimum Gasteiger partial charge on any atom is -0.504 e. The predicted octanol–water partition coefficient (Wildman–Crippen LogP) is 6.87. The van der Waals surface area contributed by atoms with E-state index in [0.717, 1.165) is 53.9 Å². The highest BCUT2D eigenvalue weighted by atomic mass is 16.5. The van der Waals surface area contributed by atoms with Crippen LogP contribution in [-0.4, -0.2) is 70.5 Å². The fourth-order valence-electron chi connectivity index (χ4n) is 7.38. The normalized spacial score (nSPS) is 19.0. The van der Waals surface area contributed by atoms with Gasteiger partial charge in [0.1, 0.15) is 5.75 Å². The van der Waals surface area contributed by atoms with Gasteiger partial charge in [0.05, 0.1) is 28.4 Å². The lowest BCUT2D eigenvalue weighted by Gasteiger charge is -2.37. The molecule has 0 amide bonds. The molecule has 2 atom stereocenters. The van der Waals surface area contributed by atoms with Crippen molar-refractivity contribution >= 4 is 0 Å². The number of rotatable bonds is 4. The second-order valence-electron chi connectivity index (χ2n) is 12.6. The highest BCUT2D eigenvalue weighted by Crippen LogP contribution is 2.56. The topological polar surface area (TPSA) is 82.1 Å². The smallest absolute Gasteiger partial charge is 0.208 e. The van der Waals surface area contributed by atoms with Gasteiger partial charge in [-0.3, -0.25) is 9.80 Å². The molecule has 9 nitrogen and oxygen atoms in total. The number of fused-ring (bicyclic) bond motifs is 2. The number of nitrogens with zero attached hydrogens (tertiary/aromatic N) is 2.